The van der Waals surface area contributed by atoms with E-state index in [4.69, 9.17) is 0 Å². The summed E-state index contributed by atoms with van der Waals surface area (Å²) >= 11 is 2.11. The summed E-state index contributed by atoms with van der Waals surface area (Å²) in [6.45, 7) is 0.901. The Morgan fingerprint density at radius 3 is 2.89 bits per heavy atom. The van der Waals surface area contributed by atoms with Gasteiger partial charge in [-0.25, -0.2) is 0 Å². The Balaban J connectivity index is 2.49. The van der Waals surface area contributed by atoms with Crippen molar-refractivity contribution in [2.24, 2.45) is 0 Å². The molecule has 0 aromatic heterocycles. The second-order valence-corrected chi connectivity index (χ2v) is 2.68. The van der Waals surface area contributed by atoms with Gasteiger partial charge in [-0.2, -0.15) is 0 Å². The number of hydrogen-bond donors (Lipinski definition) is 0. The Kier molecular flexibility index (Phi) is 2.50. The van der Waals surface area contributed by atoms with Crippen LogP contribution in [0.15, 0.2) is 10.3 Å². The Morgan fingerprint density at radius 2 is 2.44 bits per heavy atom. The number of likely N-dealkylation sites (tertiary alicyclic amines) is 1. The molecule has 0 aromatic rings. The third-order valence-corrected chi connectivity index (χ3v) is 1.67. The molecule has 1 fully saturated rings. The van der Waals surface area contributed by atoms with Crippen LogP contribution in [-0.2, 0) is 4.79 Å². The smallest absolute Gasteiger partial charge is 0.226 e. The van der Waals surface area contributed by atoms with Gasteiger partial charge >= 0.3 is 0 Å². The molecule has 0 N–H and O–H groups in total. The van der Waals surface area contributed by atoms with Crippen LogP contribution in [0.25, 0.3) is 0 Å². The first-order valence-corrected chi connectivity index (χ1v) is 4.15. The van der Waals surface area contributed by atoms with Gasteiger partial charge in [0.1, 0.15) is 0 Å². The van der Waals surface area contributed by atoms with Gasteiger partial charge in [0.2, 0.25) is 5.91 Å². The third-order valence-electron chi connectivity index (χ3n) is 1.35. The molecular weight excluding hydrogens is 229 g/mol. The highest BCUT2D eigenvalue weighted by molar-refractivity contribution is 14.1. The zero-order chi connectivity index (χ0) is 6.69. The Labute approximate surface area is 68.1 Å². The third kappa shape index (κ3) is 1.67. The molecule has 1 amide bonds. The summed E-state index contributed by atoms with van der Waals surface area (Å²) in [5.74, 6) is 0.253. The van der Waals surface area contributed by atoms with E-state index < -0.39 is 0 Å². The van der Waals surface area contributed by atoms with Crippen LogP contribution in [0.3, 0.4) is 0 Å². The highest BCUT2D eigenvalue weighted by Gasteiger charge is 2.16. The van der Waals surface area contributed by atoms with E-state index in [1.165, 1.54) is 0 Å². The first-order valence-electron chi connectivity index (χ1n) is 2.91. The Bertz CT molecular complexity index is 144. The van der Waals surface area contributed by atoms with Crippen LogP contribution in [0, 0.1) is 0 Å². The number of hydrogen-bond acceptors (Lipinski definition) is 1. The lowest BCUT2D eigenvalue weighted by atomic mass is 10.4. The molecule has 0 spiro atoms. The molecule has 1 aliphatic heterocycles. The molecule has 3 heteroatoms. The number of amides is 1. The van der Waals surface area contributed by atoms with Gasteiger partial charge in [0.15, 0.2) is 0 Å². The number of rotatable bonds is 1. The fraction of sp³-hybridized carbons (Fsp3) is 0.500. The maximum Gasteiger partial charge on any atom is 0.226 e. The van der Waals surface area contributed by atoms with Gasteiger partial charge in [-0.05, 0) is 10.5 Å². The molecule has 0 unspecified atom stereocenters. The molecule has 1 saturated heterocycles. The molecule has 1 rings (SSSR count). The average Bonchev–Trinajstić information content (AvgIpc) is 2.18. The van der Waals surface area contributed by atoms with E-state index in [0.29, 0.717) is 0 Å². The van der Waals surface area contributed by atoms with E-state index >= 15 is 0 Å². The van der Waals surface area contributed by atoms with Gasteiger partial charge in [-0.1, -0.05) is 22.6 Å². The van der Waals surface area contributed by atoms with Crippen LogP contribution >= 0.6 is 22.6 Å². The lowest BCUT2D eigenvalue weighted by Gasteiger charge is -2.06. The first-order chi connectivity index (χ1) is 4.34. The van der Waals surface area contributed by atoms with E-state index in [2.05, 4.69) is 22.6 Å². The summed E-state index contributed by atoms with van der Waals surface area (Å²) in [4.78, 5) is 12.6. The monoisotopic (exact) mass is 237 g/mol. The van der Waals surface area contributed by atoms with E-state index in [1.807, 2.05) is 10.3 Å². The van der Waals surface area contributed by atoms with Crippen LogP contribution in [0.2, 0.25) is 0 Å². The van der Waals surface area contributed by atoms with E-state index in [0.717, 1.165) is 19.4 Å². The standard InChI is InChI=1S/C6H8INO/c7-3-5-8-4-1-2-6(8)9/h3,5H,1-2,4H2. The number of halogens is 1. The normalized spacial score (nSPS) is 20.1. The van der Waals surface area contributed by atoms with E-state index in [1.54, 1.807) is 4.90 Å². The average molecular weight is 237 g/mol. The molecule has 9 heavy (non-hydrogen) atoms. The van der Waals surface area contributed by atoms with Crippen LogP contribution in [0.1, 0.15) is 12.8 Å². The minimum Gasteiger partial charge on any atom is -0.319 e. The molecular formula is C6H8INO. The number of nitrogens with zero attached hydrogens (tertiary/aromatic N) is 1. The predicted molar refractivity (Wildman–Crippen MR) is 44.1 cm³/mol. The largest absolute Gasteiger partial charge is 0.319 e. The van der Waals surface area contributed by atoms with Crippen molar-refractivity contribution in [1.82, 2.24) is 4.90 Å². The summed E-state index contributed by atoms with van der Waals surface area (Å²) in [7, 11) is 0. The summed E-state index contributed by atoms with van der Waals surface area (Å²) in [6.07, 6.45) is 3.57. The summed E-state index contributed by atoms with van der Waals surface area (Å²) in [5.41, 5.74) is 0. The maximum atomic E-state index is 10.8. The zero-order valence-electron chi connectivity index (χ0n) is 5.01. The van der Waals surface area contributed by atoms with Crippen molar-refractivity contribution < 1.29 is 4.79 Å². The van der Waals surface area contributed by atoms with E-state index in [-0.39, 0.29) is 5.91 Å². The van der Waals surface area contributed by atoms with Crippen molar-refractivity contribution in [3.05, 3.63) is 10.3 Å². The van der Waals surface area contributed by atoms with Crippen molar-refractivity contribution in [1.29, 1.82) is 0 Å². The molecule has 0 aliphatic carbocycles. The van der Waals surface area contributed by atoms with E-state index in [9.17, 15) is 4.79 Å². The zero-order valence-corrected chi connectivity index (χ0v) is 7.17. The molecule has 1 heterocycles. The fourth-order valence-corrected chi connectivity index (χ4v) is 1.28. The van der Waals surface area contributed by atoms with Gasteiger partial charge in [0, 0.05) is 19.2 Å². The minimum atomic E-state index is 0.253. The number of carbonyl (C=O) groups excluding carboxylic acids is 1. The van der Waals surface area contributed by atoms with Crippen molar-refractivity contribution in [3.8, 4) is 0 Å². The van der Waals surface area contributed by atoms with Crippen LogP contribution < -0.4 is 0 Å². The van der Waals surface area contributed by atoms with Gasteiger partial charge in [0.25, 0.3) is 0 Å². The van der Waals surface area contributed by atoms with Crippen LogP contribution in [0.5, 0.6) is 0 Å². The van der Waals surface area contributed by atoms with Gasteiger partial charge in [-0.3, -0.25) is 4.79 Å². The summed E-state index contributed by atoms with van der Waals surface area (Å²) in [6, 6.07) is 0. The molecule has 0 aromatic carbocycles. The molecule has 0 bridgehead atoms. The maximum absolute atomic E-state index is 10.8. The first kappa shape index (κ1) is 7.05. The predicted octanol–water partition coefficient (Wildman–Crippen LogP) is 1.52. The second kappa shape index (κ2) is 3.20. The van der Waals surface area contributed by atoms with Gasteiger partial charge < -0.3 is 4.90 Å². The molecule has 50 valence electrons. The van der Waals surface area contributed by atoms with Gasteiger partial charge in [-0.15, -0.1) is 0 Å². The summed E-state index contributed by atoms with van der Waals surface area (Å²) < 4.78 is 1.86. The lowest BCUT2D eigenvalue weighted by molar-refractivity contribution is -0.125. The van der Waals surface area contributed by atoms with Crippen molar-refractivity contribution in [2.45, 2.75) is 12.8 Å². The fourth-order valence-electron chi connectivity index (χ4n) is 0.895. The van der Waals surface area contributed by atoms with Crippen LogP contribution in [0.4, 0.5) is 0 Å². The van der Waals surface area contributed by atoms with Crippen molar-refractivity contribution >= 4 is 28.5 Å². The van der Waals surface area contributed by atoms with Crippen LogP contribution in [-0.4, -0.2) is 17.4 Å². The topological polar surface area (TPSA) is 20.3 Å². The molecule has 1 aliphatic rings. The second-order valence-electron chi connectivity index (χ2n) is 1.97. The lowest BCUT2D eigenvalue weighted by Crippen LogP contribution is -2.16. The Hall–Kier alpha value is -0.0600. The number of carbonyl (C=O) groups is 1. The highest BCUT2D eigenvalue weighted by atomic mass is 127. The van der Waals surface area contributed by atoms with Gasteiger partial charge in [0.05, 0.1) is 0 Å². The van der Waals surface area contributed by atoms with Crippen molar-refractivity contribution in [2.75, 3.05) is 6.54 Å². The molecule has 0 atom stereocenters. The molecule has 0 radical (unpaired) electrons. The van der Waals surface area contributed by atoms with Crippen molar-refractivity contribution in [3.63, 3.8) is 0 Å². The highest BCUT2D eigenvalue weighted by Crippen LogP contribution is 2.09. The minimum absolute atomic E-state index is 0.253. The molecule has 0 saturated carbocycles. The quantitative estimate of drug-likeness (QED) is 0.633. The summed E-state index contributed by atoms with van der Waals surface area (Å²) in [5, 5.41) is 0. The molecule has 2 nitrogen and oxygen atoms in total. The SMILES string of the molecule is O=C1CCCN1C=CI. The Morgan fingerprint density at radius 1 is 1.67 bits per heavy atom.